The van der Waals surface area contributed by atoms with Crippen molar-refractivity contribution in [1.82, 2.24) is 15.1 Å². The van der Waals surface area contributed by atoms with Crippen LogP contribution in [-0.4, -0.2) is 28.9 Å². The van der Waals surface area contributed by atoms with Crippen LogP contribution in [0.3, 0.4) is 0 Å². The van der Waals surface area contributed by atoms with E-state index in [1.807, 2.05) is 39.0 Å². The lowest BCUT2D eigenvalue weighted by atomic mass is 10.1. The third kappa shape index (κ3) is 5.57. The van der Waals surface area contributed by atoms with Crippen LogP contribution < -0.4 is 20.3 Å². The number of nitrogens with zero attached hydrogens (tertiary/aromatic N) is 2. The molecule has 1 heterocycles. The van der Waals surface area contributed by atoms with Crippen LogP contribution in [0, 0.1) is 0 Å². The van der Waals surface area contributed by atoms with Gasteiger partial charge in [-0.25, -0.2) is 4.68 Å². The van der Waals surface area contributed by atoms with Crippen LogP contribution in [0.5, 0.6) is 11.5 Å². The van der Waals surface area contributed by atoms with Gasteiger partial charge in [0.1, 0.15) is 5.69 Å². The van der Waals surface area contributed by atoms with Gasteiger partial charge in [0.25, 0.3) is 11.5 Å². The highest BCUT2D eigenvalue weighted by Gasteiger charge is 2.16. The van der Waals surface area contributed by atoms with Crippen LogP contribution in [0.15, 0.2) is 35.1 Å². The number of aromatic nitrogens is 2. The summed E-state index contributed by atoms with van der Waals surface area (Å²) in [6.45, 7) is 7.18. The number of carbonyl (C=O) groups excluding carboxylic acids is 1. The number of carbonyl (C=O) groups is 1. The van der Waals surface area contributed by atoms with E-state index in [9.17, 15) is 9.59 Å². The third-order valence-electron chi connectivity index (χ3n) is 3.93. The van der Waals surface area contributed by atoms with E-state index in [1.165, 1.54) is 19.2 Å². The highest BCUT2D eigenvalue weighted by Crippen LogP contribution is 2.31. The molecule has 1 unspecified atom stereocenters. The number of benzene rings is 1. The van der Waals surface area contributed by atoms with Crippen LogP contribution in [0.1, 0.15) is 55.7 Å². The molecular formula is C20H27N3O4. The van der Waals surface area contributed by atoms with Crippen molar-refractivity contribution in [2.45, 2.75) is 39.7 Å². The van der Waals surface area contributed by atoms with Gasteiger partial charge < -0.3 is 14.8 Å². The van der Waals surface area contributed by atoms with Crippen LogP contribution in [0.2, 0.25) is 0 Å². The molecule has 2 rings (SSSR count). The molecule has 7 heteroatoms. The van der Waals surface area contributed by atoms with E-state index in [0.29, 0.717) is 24.7 Å². The molecule has 0 aliphatic heterocycles. The summed E-state index contributed by atoms with van der Waals surface area (Å²) in [5, 5.41) is 6.86. The lowest BCUT2D eigenvalue weighted by Gasteiger charge is -2.18. The van der Waals surface area contributed by atoms with Gasteiger partial charge in [0.05, 0.1) is 19.3 Å². The topological polar surface area (TPSA) is 82.5 Å². The Labute approximate surface area is 159 Å². The van der Waals surface area contributed by atoms with Crippen LogP contribution >= 0.6 is 0 Å². The number of hydrogen-bond acceptors (Lipinski definition) is 5. The van der Waals surface area contributed by atoms with E-state index in [-0.39, 0.29) is 23.2 Å². The highest BCUT2D eigenvalue weighted by molar-refractivity contribution is 5.92. The summed E-state index contributed by atoms with van der Waals surface area (Å²) in [6, 6.07) is 8.14. The number of aryl methyl sites for hydroxylation is 1. The molecule has 7 nitrogen and oxygen atoms in total. The molecule has 1 atom stereocenters. The third-order valence-corrected chi connectivity index (χ3v) is 3.93. The van der Waals surface area contributed by atoms with E-state index in [0.717, 1.165) is 23.1 Å². The molecule has 146 valence electrons. The molecule has 1 N–H and O–H groups in total. The van der Waals surface area contributed by atoms with Crippen LogP contribution in [-0.2, 0) is 7.05 Å². The highest BCUT2D eigenvalue weighted by atomic mass is 16.5. The fourth-order valence-corrected chi connectivity index (χ4v) is 2.43. The smallest absolute Gasteiger partial charge is 0.272 e. The zero-order chi connectivity index (χ0) is 19.8. The van der Waals surface area contributed by atoms with Crippen molar-refractivity contribution in [3.05, 3.63) is 51.9 Å². The fraction of sp³-hybridized carbons (Fsp3) is 0.450. The minimum atomic E-state index is -0.347. The van der Waals surface area contributed by atoms with Gasteiger partial charge in [-0.1, -0.05) is 19.9 Å². The quantitative estimate of drug-likeness (QED) is 0.731. The molecular weight excluding hydrogens is 346 g/mol. The number of ether oxygens (including phenoxy) is 2. The zero-order valence-electron chi connectivity index (χ0n) is 16.3. The second-order valence-corrected chi connectivity index (χ2v) is 6.28. The molecule has 1 aromatic heterocycles. The Kier molecular flexibility index (Phi) is 7.40. The first-order valence-corrected chi connectivity index (χ1v) is 9.21. The second-order valence-electron chi connectivity index (χ2n) is 6.28. The first-order chi connectivity index (χ1) is 13.0. The molecule has 0 saturated carbocycles. The lowest BCUT2D eigenvalue weighted by Crippen LogP contribution is -2.30. The molecule has 0 radical (unpaired) electrons. The molecule has 0 bridgehead atoms. The van der Waals surface area contributed by atoms with Crippen molar-refractivity contribution in [2.24, 2.45) is 7.05 Å². The molecule has 1 aromatic carbocycles. The Balaban J connectivity index is 2.16. The predicted molar refractivity (Wildman–Crippen MR) is 103 cm³/mol. The summed E-state index contributed by atoms with van der Waals surface area (Å²) in [5.41, 5.74) is 0.817. The molecule has 1 amide bonds. The summed E-state index contributed by atoms with van der Waals surface area (Å²) < 4.78 is 12.7. The Morgan fingerprint density at radius 2 is 1.78 bits per heavy atom. The molecule has 0 saturated heterocycles. The van der Waals surface area contributed by atoms with E-state index >= 15 is 0 Å². The van der Waals surface area contributed by atoms with Gasteiger partial charge in [-0.2, -0.15) is 5.10 Å². The van der Waals surface area contributed by atoms with Gasteiger partial charge >= 0.3 is 0 Å². The zero-order valence-corrected chi connectivity index (χ0v) is 16.3. The molecule has 2 aromatic rings. The number of nitrogens with one attached hydrogen (secondary N) is 1. The first-order valence-electron chi connectivity index (χ1n) is 9.21. The summed E-state index contributed by atoms with van der Waals surface area (Å²) in [7, 11) is 1.51. The van der Waals surface area contributed by atoms with Gasteiger partial charge in [0.15, 0.2) is 11.5 Å². The summed E-state index contributed by atoms with van der Waals surface area (Å²) >= 11 is 0. The van der Waals surface area contributed by atoms with E-state index in [2.05, 4.69) is 10.4 Å². The van der Waals surface area contributed by atoms with Gasteiger partial charge in [0.2, 0.25) is 0 Å². The molecule has 0 aliphatic rings. The largest absolute Gasteiger partial charge is 0.490 e. The summed E-state index contributed by atoms with van der Waals surface area (Å²) in [4.78, 5) is 23.8. The standard InChI is InChI=1S/C20H27N3O4/c1-5-11-26-17-9-7-15(13-18(17)27-12-6-2)14(3)21-20(25)16-8-10-19(24)23(4)22-16/h7-10,13-14H,5-6,11-12H2,1-4H3,(H,21,25). The van der Waals surface area contributed by atoms with Gasteiger partial charge in [-0.15, -0.1) is 0 Å². The number of amides is 1. The van der Waals surface area contributed by atoms with E-state index < -0.39 is 0 Å². The minimum absolute atomic E-state index is 0.189. The van der Waals surface area contributed by atoms with Gasteiger partial charge in [-0.05, 0) is 43.5 Å². The fourth-order valence-electron chi connectivity index (χ4n) is 2.43. The Hall–Kier alpha value is -2.83. The van der Waals surface area contributed by atoms with Gasteiger partial charge in [-0.3, -0.25) is 9.59 Å². The Morgan fingerprint density at radius 1 is 1.11 bits per heavy atom. The van der Waals surface area contributed by atoms with Crippen molar-refractivity contribution >= 4 is 5.91 Å². The molecule has 0 aliphatic carbocycles. The Bertz CT molecular complexity index is 832. The van der Waals surface area contributed by atoms with Crippen molar-refractivity contribution in [3.63, 3.8) is 0 Å². The van der Waals surface area contributed by atoms with Crippen molar-refractivity contribution in [1.29, 1.82) is 0 Å². The summed E-state index contributed by atoms with van der Waals surface area (Å²) in [6.07, 6.45) is 1.80. The average Bonchev–Trinajstić information content (AvgIpc) is 2.66. The van der Waals surface area contributed by atoms with E-state index in [4.69, 9.17) is 9.47 Å². The monoisotopic (exact) mass is 373 g/mol. The minimum Gasteiger partial charge on any atom is -0.490 e. The van der Waals surface area contributed by atoms with Crippen molar-refractivity contribution in [3.8, 4) is 11.5 Å². The van der Waals surface area contributed by atoms with Crippen LogP contribution in [0.25, 0.3) is 0 Å². The van der Waals surface area contributed by atoms with E-state index in [1.54, 1.807) is 0 Å². The average molecular weight is 373 g/mol. The molecule has 27 heavy (non-hydrogen) atoms. The first kappa shape index (κ1) is 20.5. The number of hydrogen-bond donors (Lipinski definition) is 1. The van der Waals surface area contributed by atoms with Crippen molar-refractivity contribution < 1.29 is 14.3 Å². The Morgan fingerprint density at radius 3 is 2.41 bits per heavy atom. The maximum Gasteiger partial charge on any atom is 0.272 e. The second kappa shape index (κ2) is 9.75. The normalized spacial score (nSPS) is 11.7. The SMILES string of the molecule is CCCOc1ccc(C(C)NC(=O)c2ccc(=O)n(C)n2)cc1OCCC. The predicted octanol–water partition coefficient (Wildman–Crippen LogP) is 2.85. The summed E-state index contributed by atoms with van der Waals surface area (Å²) in [5.74, 6) is 1.02. The van der Waals surface area contributed by atoms with Crippen LogP contribution in [0.4, 0.5) is 0 Å². The maximum absolute atomic E-state index is 12.4. The molecule has 0 spiro atoms. The maximum atomic E-state index is 12.4. The molecule has 0 fully saturated rings. The van der Waals surface area contributed by atoms with Crippen molar-refractivity contribution in [2.75, 3.05) is 13.2 Å². The number of rotatable bonds is 9. The lowest BCUT2D eigenvalue weighted by molar-refractivity contribution is 0.0932. The van der Waals surface area contributed by atoms with Gasteiger partial charge in [0, 0.05) is 13.1 Å².